The normalized spacial score (nSPS) is 10.4. The molecule has 5 nitrogen and oxygen atoms in total. The molecule has 1 N–H and O–H groups in total. The highest BCUT2D eigenvalue weighted by molar-refractivity contribution is 7.14. The molecule has 0 aliphatic carbocycles. The predicted octanol–water partition coefficient (Wildman–Crippen LogP) is 3.80. The Morgan fingerprint density at radius 1 is 1.27 bits per heavy atom. The summed E-state index contributed by atoms with van der Waals surface area (Å²) in [6.45, 7) is 0.457. The number of benzene rings is 1. The minimum Gasteiger partial charge on any atom is -0.463 e. The molecule has 0 radical (unpaired) electrons. The molecule has 0 spiro atoms. The van der Waals surface area contributed by atoms with Crippen LogP contribution in [0.5, 0.6) is 0 Å². The van der Waals surface area contributed by atoms with E-state index >= 15 is 0 Å². The topological polar surface area (TPSA) is 64.4 Å². The van der Waals surface area contributed by atoms with Crippen LogP contribution in [-0.2, 0) is 11.3 Å². The van der Waals surface area contributed by atoms with Crippen LogP contribution >= 0.6 is 11.3 Å². The van der Waals surface area contributed by atoms with Gasteiger partial charge >= 0.3 is 5.97 Å². The summed E-state index contributed by atoms with van der Waals surface area (Å²) in [7, 11) is 1.32. The van der Waals surface area contributed by atoms with Gasteiger partial charge in [0, 0.05) is 10.9 Å². The lowest BCUT2D eigenvalue weighted by Crippen LogP contribution is -2.00. The first-order valence-electron chi connectivity index (χ1n) is 6.68. The van der Waals surface area contributed by atoms with Crippen LogP contribution in [0.1, 0.15) is 16.3 Å². The molecule has 2 heterocycles. The third kappa shape index (κ3) is 3.17. The van der Waals surface area contributed by atoms with Gasteiger partial charge in [-0.05, 0) is 12.1 Å². The third-order valence-electron chi connectivity index (χ3n) is 3.04. The fourth-order valence-corrected chi connectivity index (χ4v) is 2.66. The number of aromatic nitrogens is 1. The van der Waals surface area contributed by atoms with Gasteiger partial charge in [0.05, 0.1) is 19.3 Å². The summed E-state index contributed by atoms with van der Waals surface area (Å²) in [4.78, 5) is 15.8. The zero-order chi connectivity index (χ0) is 15.4. The monoisotopic (exact) mass is 314 g/mol. The molecule has 6 heteroatoms. The molecule has 0 atom stereocenters. The van der Waals surface area contributed by atoms with Gasteiger partial charge in [0.1, 0.15) is 5.76 Å². The van der Waals surface area contributed by atoms with Gasteiger partial charge in [0.2, 0.25) is 5.76 Å². The summed E-state index contributed by atoms with van der Waals surface area (Å²) in [6, 6.07) is 13.3. The summed E-state index contributed by atoms with van der Waals surface area (Å²) in [5, 5.41) is 5.98. The maximum atomic E-state index is 11.3. The highest BCUT2D eigenvalue weighted by Crippen LogP contribution is 2.25. The Kier molecular flexibility index (Phi) is 4.20. The Bertz CT molecular complexity index is 765. The SMILES string of the molecule is COC(=O)c1ccc(CNc2nc(-c3ccccc3)cs2)o1. The van der Waals surface area contributed by atoms with Crippen molar-refractivity contribution in [1.82, 2.24) is 4.98 Å². The number of rotatable bonds is 5. The molecule has 0 saturated heterocycles. The van der Waals surface area contributed by atoms with Crippen molar-refractivity contribution < 1.29 is 13.9 Å². The van der Waals surface area contributed by atoms with Crippen molar-refractivity contribution in [2.45, 2.75) is 6.54 Å². The van der Waals surface area contributed by atoms with Gasteiger partial charge < -0.3 is 14.5 Å². The number of ether oxygens (including phenoxy) is 1. The molecule has 0 bridgehead atoms. The number of carbonyl (C=O) groups excluding carboxylic acids is 1. The molecular weight excluding hydrogens is 300 g/mol. The smallest absolute Gasteiger partial charge is 0.373 e. The maximum absolute atomic E-state index is 11.3. The number of hydrogen-bond donors (Lipinski definition) is 1. The van der Waals surface area contributed by atoms with E-state index in [1.54, 1.807) is 12.1 Å². The molecule has 0 amide bonds. The molecule has 0 aliphatic heterocycles. The first-order chi connectivity index (χ1) is 10.8. The van der Waals surface area contributed by atoms with Crippen molar-refractivity contribution in [3.8, 4) is 11.3 Å². The van der Waals surface area contributed by atoms with Gasteiger partial charge in [0.15, 0.2) is 5.13 Å². The molecule has 0 fully saturated rings. The minimum atomic E-state index is -0.480. The van der Waals surface area contributed by atoms with Crippen LogP contribution in [0.25, 0.3) is 11.3 Å². The van der Waals surface area contributed by atoms with Crippen molar-refractivity contribution in [2.75, 3.05) is 12.4 Å². The van der Waals surface area contributed by atoms with E-state index in [-0.39, 0.29) is 5.76 Å². The molecule has 22 heavy (non-hydrogen) atoms. The fraction of sp³-hybridized carbons (Fsp3) is 0.125. The number of esters is 1. The predicted molar refractivity (Wildman–Crippen MR) is 84.9 cm³/mol. The van der Waals surface area contributed by atoms with Crippen LogP contribution in [0.15, 0.2) is 52.3 Å². The highest BCUT2D eigenvalue weighted by Gasteiger charge is 2.11. The lowest BCUT2D eigenvalue weighted by Gasteiger charge is -1.99. The first-order valence-corrected chi connectivity index (χ1v) is 7.56. The van der Waals surface area contributed by atoms with Crippen LogP contribution in [0, 0.1) is 0 Å². The number of furan rings is 1. The fourth-order valence-electron chi connectivity index (χ4n) is 1.94. The van der Waals surface area contributed by atoms with Crippen molar-refractivity contribution in [3.05, 3.63) is 59.4 Å². The largest absolute Gasteiger partial charge is 0.463 e. The van der Waals surface area contributed by atoms with E-state index in [0.29, 0.717) is 12.3 Å². The lowest BCUT2D eigenvalue weighted by atomic mass is 10.2. The average molecular weight is 314 g/mol. The van der Waals surface area contributed by atoms with E-state index in [1.807, 2.05) is 35.7 Å². The van der Waals surface area contributed by atoms with Gasteiger partial charge in [-0.1, -0.05) is 30.3 Å². The number of nitrogens with one attached hydrogen (secondary N) is 1. The minimum absolute atomic E-state index is 0.198. The van der Waals surface area contributed by atoms with E-state index in [2.05, 4.69) is 15.0 Å². The van der Waals surface area contributed by atoms with E-state index in [0.717, 1.165) is 16.4 Å². The van der Waals surface area contributed by atoms with Gasteiger partial charge in [-0.25, -0.2) is 9.78 Å². The quantitative estimate of drug-likeness (QED) is 0.726. The maximum Gasteiger partial charge on any atom is 0.373 e. The van der Waals surface area contributed by atoms with E-state index in [1.165, 1.54) is 18.4 Å². The number of nitrogens with zero attached hydrogens (tertiary/aromatic N) is 1. The molecular formula is C16H14N2O3S. The Morgan fingerprint density at radius 2 is 2.09 bits per heavy atom. The molecule has 3 rings (SSSR count). The molecule has 0 unspecified atom stereocenters. The van der Waals surface area contributed by atoms with E-state index < -0.39 is 5.97 Å². The van der Waals surface area contributed by atoms with Gasteiger partial charge in [-0.3, -0.25) is 0 Å². The Morgan fingerprint density at radius 3 is 2.86 bits per heavy atom. The van der Waals surface area contributed by atoms with Gasteiger partial charge in [-0.2, -0.15) is 0 Å². The Hall–Kier alpha value is -2.60. The van der Waals surface area contributed by atoms with Crippen LogP contribution in [0.4, 0.5) is 5.13 Å². The standard InChI is InChI=1S/C16H14N2O3S/c1-20-15(19)14-8-7-12(21-14)9-17-16-18-13(10-22-16)11-5-3-2-4-6-11/h2-8,10H,9H2,1H3,(H,17,18). The van der Waals surface area contributed by atoms with Crippen molar-refractivity contribution in [2.24, 2.45) is 0 Å². The summed E-state index contributed by atoms with van der Waals surface area (Å²) >= 11 is 1.53. The summed E-state index contributed by atoms with van der Waals surface area (Å²) < 4.78 is 9.99. The highest BCUT2D eigenvalue weighted by atomic mass is 32.1. The summed E-state index contributed by atoms with van der Waals surface area (Å²) in [5.41, 5.74) is 2.01. The molecule has 0 aliphatic rings. The number of carbonyl (C=O) groups is 1. The zero-order valence-electron chi connectivity index (χ0n) is 11.9. The third-order valence-corrected chi connectivity index (χ3v) is 3.84. The molecule has 112 valence electrons. The number of hydrogen-bond acceptors (Lipinski definition) is 6. The first kappa shape index (κ1) is 14.3. The van der Waals surface area contributed by atoms with E-state index in [4.69, 9.17) is 4.42 Å². The Labute approximate surface area is 131 Å². The Balaban J connectivity index is 1.64. The second-order valence-electron chi connectivity index (χ2n) is 4.52. The molecule has 2 aromatic heterocycles. The number of thiazole rings is 1. The van der Waals surface area contributed by atoms with Crippen molar-refractivity contribution in [3.63, 3.8) is 0 Å². The number of anilines is 1. The van der Waals surface area contributed by atoms with Crippen molar-refractivity contribution >= 4 is 22.4 Å². The molecule has 3 aromatic rings. The zero-order valence-corrected chi connectivity index (χ0v) is 12.7. The second kappa shape index (κ2) is 6.44. The molecule has 1 aromatic carbocycles. The van der Waals surface area contributed by atoms with Crippen molar-refractivity contribution in [1.29, 1.82) is 0 Å². The molecule has 0 saturated carbocycles. The summed E-state index contributed by atoms with van der Waals surface area (Å²) in [6.07, 6.45) is 0. The second-order valence-corrected chi connectivity index (χ2v) is 5.37. The van der Waals surface area contributed by atoms with Gasteiger partial charge in [-0.15, -0.1) is 11.3 Å². The van der Waals surface area contributed by atoms with Crippen LogP contribution < -0.4 is 5.32 Å². The lowest BCUT2D eigenvalue weighted by molar-refractivity contribution is 0.0563. The average Bonchev–Trinajstić information content (AvgIpc) is 3.22. The van der Waals surface area contributed by atoms with Crippen LogP contribution in [0.2, 0.25) is 0 Å². The van der Waals surface area contributed by atoms with E-state index in [9.17, 15) is 4.79 Å². The van der Waals surface area contributed by atoms with Gasteiger partial charge in [0.25, 0.3) is 0 Å². The summed E-state index contributed by atoms with van der Waals surface area (Å²) in [5.74, 6) is 0.368. The number of methoxy groups -OCH3 is 1. The van der Waals surface area contributed by atoms with Crippen LogP contribution in [0.3, 0.4) is 0 Å². The van der Waals surface area contributed by atoms with Crippen LogP contribution in [-0.4, -0.2) is 18.1 Å².